The van der Waals surface area contributed by atoms with Gasteiger partial charge in [-0.25, -0.2) is 0 Å². The van der Waals surface area contributed by atoms with Crippen LogP contribution in [0.15, 0.2) is 17.7 Å². The predicted molar refractivity (Wildman–Crippen MR) is 53.4 cm³/mol. The summed E-state index contributed by atoms with van der Waals surface area (Å²) < 4.78 is 0. The van der Waals surface area contributed by atoms with Crippen LogP contribution in [0, 0.1) is 6.92 Å². The molecule has 0 saturated heterocycles. The Balaban J connectivity index is 2.85. The molecule has 0 unspecified atom stereocenters. The lowest BCUT2D eigenvalue weighted by atomic mass is 10.2. The summed E-state index contributed by atoms with van der Waals surface area (Å²) in [7, 11) is 0. The average molecular weight is 180 g/mol. The Bertz CT molecular complexity index is 297. The van der Waals surface area contributed by atoms with Crippen LogP contribution in [0.25, 0.3) is 6.08 Å². The fraction of sp³-hybridized carbons (Fsp3) is 0.300. The highest BCUT2D eigenvalue weighted by Crippen LogP contribution is 2.18. The highest BCUT2D eigenvalue weighted by atomic mass is 32.1. The van der Waals surface area contributed by atoms with Crippen molar-refractivity contribution < 1.29 is 4.79 Å². The molecule has 64 valence electrons. The van der Waals surface area contributed by atoms with Gasteiger partial charge in [0.2, 0.25) is 0 Å². The van der Waals surface area contributed by atoms with Crippen LogP contribution in [0.3, 0.4) is 0 Å². The molecule has 0 aliphatic rings. The lowest BCUT2D eigenvalue weighted by Crippen LogP contribution is -1.79. The molecule has 0 bridgehead atoms. The molecule has 12 heavy (non-hydrogen) atoms. The Kier molecular flexibility index (Phi) is 3.23. The van der Waals surface area contributed by atoms with Crippen LogP contribution in [0.2, 0.25) is 0 Å². The van der Waals surface area contributed by atoms with E-state index in [2.05, 4.69) is 13.0 Å². The number of allylic oxidation sites excluding steroid dienone is 1. The van der Waals surface area contributed by atoms with Crippen LogP contribution in [-0.4, -0.2) is 6.29 Å². The quantitative estimate of drug-likeness (QED) is 0.516. The maximum atomic E-state index is 10.5. The smallest absolute Gasteiger partial charge is 0.146 e. The molecular formula is C10H12OS. The van der Waals surface area contributed by atoms with Gasteiger partial charge in [-0.15, -0.1) is 11.3 Å². The van der Waals surface area contributed by atoms with Gasteiger partial charge in [-0.2, -0.15) is 0 Å². The van der Waals surface area contributed by atoms with E-state index in [1.54, 1.807) is 11.3 Å². The minimum absolute atomic E-state index is 0.806. The molecule has 1 nitrogen and oxygen atoms in total. The van der Waals surface area contributed by atoms with Gasteiger partial charge in [-0.1, -0.05) is 6.92 Å². The van der Waals surface area contributed by atoms with Crippen LogP contribution in [0.4, 0.5) is 0 Å². The fourth-order valence-electron chi connectivity index (χ4n) is 0.933. The standard InChI is InChI=1S/C10H12OS/c1-3-9(7-11)6-10-5-4-8(2)12-10/h4-7H,3H2,1-2H3. The summed E-state index contributed by atoms with van der Waals surface area (Å²) in [6, 6.07) is 4.10. The summed E-state index contributed by atoms with van der Waals surface area (Å²) >= 11 is 1.71. The molecular weight excluding hydrogens is 168 g/mol. The molecule has 0 aliphatic heterocycles. The molecule has 0 saturated carbocycles. The maximum Gasteiger partial charge on any atom is 0.146 e. The van der Waals surface area contributed by atoms with Crippen LogP contribution in [0.1, 0.15) is 23.1 Å². The third kappa shape index (κ3) is 2.31. The zero-order valence-corrected chi connectivity index (χ0v) is 8.15. The number of carbonyl (C=O) groups excluding carboxylic acids is 1. The third-order valence-corrected chi connectivity index (χ3v) is 2.60. The highest BCUT2D eigenvalue weighted by Gasteiger charge is 1.95. The Labute approximate surface area is 76.7 Å². The van der Waals surface area contributed by atoms with Gasteiger partial charge in [0.05, 0.1) is 0 Å². The second-order valence-electron chi connectivity index (χ2n) is 2.64. The maximum absolute atomic E-state index is 10.5. The van der Waals surface area contributed by atoms with Crippen molar-refractivity contribution in [1.82, 2.24) is 0 Å². The molecule has 0 aliphatic carbocycles. The normalized spacial score (nSPS) is 11.7. The number of carbonyl (C=O) groups is 1. The first-order valence-corrected chi connectivity index (χ1v) is 4.80. The van der Waals surface area contributed by atoms with E-state index in [4.69, 9.17) is 0 Å². The summed E-state index contributed by atoms with van der Waals surface area (Å²) in [6.07, 6.45) is 3.68. The molecule has 1 rings (SSSR count). The number of aldehydes is 1. The van der Waals surface area contributed by atoms with Crippen molar-refractivity contribution in [2.75, 3.05) is 0 Å². The topological polar surface area (TPSA) is 17.1 Å². The van der Waals surface area contributed by atoms with E-state index in [9.17, 15) is 4.79 Å². The Morgan fingerprint density at radius 2 is 2.33 bits per heavy atom. The van der Waals surface area contributed by atoms with Gasteiger partial charge < -0.3 is 0 Å². The molecule has 0 spiro atoms. The lowest BCUT2D eigenvalue weighted by molar-refractivity contribution is -0.104. The Morgan fingerprint density at radius 1 is 1.58 bits per heavy atom. The summed E-state index contributed by atoms with van der Waals surface area (Å²) in [5.74, 6) is 0. The highest BCUT2D eigenvalue weighted by molar-refractivity contribution is 7.12. The first-order chi connectivity index (χ1) is 5.76. The van der Waals surface area contributed by atoms with Crippen molar-refractivity contribution in [2.45, 2.75) is 20.3 Å². The largest absolute Gasteiger partial charge is 0.298 e. The summed E-state index contributed by atoms with van der Waals surface area (Å²) in [5.41, 5.74) is 0.858. The fourth-order valence-corrected chi connectivity index (χ4v) is 1.79. The van der Waals surface area contributed by atoms with Crippen LogP contribution >= 0.6 is 11.3 Å². The van der Waals surface area contributed by atoms with E-state index < -0.39 is 0 Å². The van der Waals surface area contributed by atoms with E-state index in [1.165, 1.54) is 4.88 Å². The SMILES string of the molecule is CCC(C=O)=Cc1ccc(C)s1. The number of rotatable bonds is 3. The molecule has 0 N–H and O–H groups in total. The van der Waals surface area contributed by atoms with E-state index in [-0.39, 0.29) is 0 Å². The van der Waals surface area contributed by atoms with Crippen molar-refractivity contribution in [3.63, 3.8) is 0 Å². The van der Waals surface area contributed by atoms with Crippen molar-refractivity contribution >= 4 is 23.7 Å². The van der Waals surface area contributed by atoms with Gasteiger partial charge in [0, 0.05) is 9.75 Å². The summed E-state index contributed by atoms with van der Waals surface area (Å²) in [5, 5.41) is 0. The first-order valence-electron chi connectivity index (χ1n) is 3.98. The van der Waals surface area contributed by atoms with E-state index >= 15 is 0 Å². The second-order valence-corrected chi connectivity index (χ2v) is 3.96. The zero-order chi connectivity index (χ0) is 8.97. The molecule has 0 radical (unpaired) electrons. The van der Waals surface area contributed by atoms with Crippen LogP contribution in [0.5, 0.6) is 0 Å². The Hall–Kier alpha value is -0.890. The molecule has 0 fully saturated rings. The van der Waals surface area contributed by atoms with Gasteiger partial charge in [-0.3, -0.25) is 4.79 Å². The minimum Gasteiger partial charge on any atom is -0.298 e. The van der Waals surface area contributed by atoms with Gasteiger partial charge in [0.25, 0.3) is 0 Å². The molecule has 1 aromatic heterocycles. The van der Waals surface area contributed by atoms with Crippen LogP contribution < -0.4 is 0 Å². The third-order valence-electron chi connectivity index (χ3n) is 1.65. The first kappa shape index (κ1) is 9.20. The van der Waals surface area contributed by atoms with Gasteiger partial charge in [0.1, 0.15) is 6.29 Å². The van der Waals surface area contributed by atoms with Gasteiger partial charge in [-0.05, 0) is 37.1 Å². The van der Waals surface area contributed by atoms with E-state index in [1.807, 2.05) is 19.1 Å². The zero-order valence-electron chi connectivity index (χ0n) is 7.33. The second kappa shape index (κ2) is 4.21. The average Bonchev–Trinajstić information content (AvgIpc) is 2.47. The molecule has 1 aromatic rings. The molecule has 0 aromatic carbocycles. The van der Waals surface area contributed by atoms with E-state index in [0.29, 0.717) is 0 Å². The molecule has 0 atom stereocenters. The number of hydrogen-bond donors (Lipinski definition) is 0. The molecule has 2 heteroatoms. The van der Waals surface area contributed by atoms with Gasteiger partial charge in [0.15, 0.2) is 0 Å². The van der Waals surface area contributed by atoms with Crippen molar-refractivity contribution in [1.29, 1.82) is 0 Å². The molecule has 0 amide bonds. The number of aryl methyl sites for hydroxylation is 1. The lowest BCUT2D eigenvalue weighted by Gasteiger charge is -1.90. The number of hydrogen-bond acceptors (Lipinski definition) is 2. The summed E-state index contributed by atoms with van der Waals surface area (Å²) in [6.45, 7) is 4.05. The predicted octanol–water partition coefficient (Wildman–Crippen LogP) is 3.05. The Morgan fingerprint density at radius 3 is 2.75 bits per heavy atom. The summed E-state index contributed by atoms with van der Waals surface area (Å²) in [4.78, 5) is 12.9. The van der Waals surface area contributed by atoms with E-state index in [0.717, 1.165) is 23.2 Å². The monoisotopic (exact) mass is 180 g/mol. The van der Waals surface area contributed by atoms with Crippen molar-refractivity contribution in [3.05, 3.63) is 27.5 Å². The minimum atomic E-state index is 0.806. The van der Waals surface area contributed by atoms with Crippen molar-refractivity contribution in [3.8, 4) is 0 Å². The van der Waals surface area contributed by atoms with Gasteiger partial charge >= 0.3 is 0 Å². The van der Waals surface area contributed by atoms with Crippen LogP contribution in [-0.2, 0) is 4.79 Å². The number of thiophene rings is 1. The van der Waals surface area contributed by atoms with Crippen molar-refractivity contribution in [2.24, 2.45) is 0 Å². The molecule has 1 heterocycles.